The summed E-state index contributed by atoms with van der Waals surface area (Å²) in [4.78, 5) is 3.54. The van der Waals surface area contributed by atoms with E-state index in [0.717, 1.165) is 0 Å². The van der Waals surface area contributed by atoms with Gasteiger partial charge in [-0.3, -0.25) is 0 Å². The second-order valence-corrected chi connectivity index (χ2v) is 3.11. The largest absolute Gasteiger partial charge is 0.266 e. The zero-order valence-corrected chi connectivity index (χ0v) is 7.53. The molecule has 0 fully saturated rings. The summed E-state index contributed by atoms with van der Waals surface area (Å²) in [7, 11) is 0. The van der Waals surface area contributed by atoms with Gasteiger partial charge < -0.3 is 0 Å². The van der Waals surface area contributed by atoms with Gasteiger partial charge in [-0.25, -0.2) is 13.8 Å². The second-order valence-electron chi connectivity index (χ2n) is 1.83. The highest BCUT2D eigenvalue weighted by Crippen LogP contribution is 2.27. The molecule has 11 heavy (non-hydrogen) atoms. The zero-order chi connectivity index (χ0) is 8.43. The smallest absolute Gasteiger partial charge is 0.243 e. The third kappa shape index (κ3) is 2.10. The predicted molar refractivity (Wildman–Crippen MR) is 41.9 cm³/mol. The number of halogens is 4. The van der Waals surface area contributed by atoms with Crippen LogP contribution in [-0.4, -0.2) is 4.98 Å². The van der Waals surface area contributed by atoms with Crippen LogP contribution in [0, 0.1) is 0 Å². The standard InChI is InChI=1S/C6H3BrClF2N/c7-3-1-4(6(9)10)5(8)11-2-3/h1-2,6H. The quantitative estimate of drug-likeness (QED) is 0.688. The van der Waals surface area contributed by atoms with Crippen LogP contribution >= 0.6 is 27.5 Å². The highest BCUT2D eigenvalue weighted by atomic mass is 79.9. The fraction of sp³-hybridized carbons (Fsp3) is 0.167. The normalized spacial score (nSPS) is 10.6. The van der Waals surface area contributed by atoms with Gasteiger partial charge >= 0.3 is 0 Å². The predicted octanol–water partition coefficient (Wildman–Crippen LogP) is 3.44. The summed E-state index contributed by atoms with van der Waals surface area (Å²) < 4.78 is 24.6. The van der Waals surface area contributed by atoms with E-state index < -0.39 is 6.43 Å². The Morgan fingerprint density at radius 2 is 2.18 bits per heavy atom. The van der Waals surface area contributed by atoms with Gasteiger partial charge in [0.2, 0.25) is 0 Å². The van der Waals surface area contributed by atoms with Crippen molar-refractivity contribution in [2.24, 2.45) is 0 Å². The Kier molecular flexibility index (Phi) is 2.78. The molecule has 0 aromatic carbocycles. The van der Waals surface area contributed by atoms with Crippen LogP contribution in [0.2, 0.25) is 5.15 Å². The Bertz CT molecular complexity index is 267. The average molecular weight is 242 g/mol. The maximum Gasteiger partial charge on any atom is 0.266 e. The van der Waals surface area contributed by atoms with E-state index in [-0.39, 0.29) is 10.7 Å². The molecule has 0 aliphatic heterocycles. The number of hydrogen-bond acceptors (Lipinski definition) is 1. The van der Waals surface area contributed by atoms with Gasteiger partial charge in [0, 0.05) is 10.7 Å². The first-order valence-corrected chi connectivity index (χ1v) is 3.87. The summed E-state index contributed by atoms with van der Waals surface area (Å²) in [5.74, 6) is 0. The van der Waals surface area contributed by atoms with Gasteiger partial charge in [0.15, 0.2) is 0 Å². The highest BCUT2D eigenvalue weighted by molar-refractivity contribution is 9.10. The van der Waals surface area contributed by atoms with Crippen LogP contribution in [0.15, 0.2) is 16.7 Å². The van der Waals surface area contributed by atoms with E-state index in [4.69, 9.17) is 11.6 Å². The van der Waals surface area contributed by atoms with E-state index >= 15 is 0 Å². The van der Waals surface area contributed by atoms with Crippen molar-refractivity contribution >= 4 is 27.5 Å². The van der Waals surface area contributed by atoms with Gasteiger partial charge in [-0.2, -0.15) is 0 Å². The zero-order valence-electron chi connectivity index (χ0n) is 5.19. The molecule has 0 saturated heterocycles. The summed E-state index contributed by atoms with van der Waals surface area (Å²) in [6.45, 7) is 0. The third-order valence-electron chi connectivity index (χ3n) is 1.07. The fourth-order valence-electron chi connectivity index (χ4n) is 0.591. The lowest BCUT2D eigenvalue weighted by molar-refractivity contribution is 0.151. The summed E-state index contributed by atoms with van der Waals surface area (Å²) in [5, 5.41) is -0.150. The van der Waals surface area contributed by atoms with E-state index in [1.165, 1.54) is 12.3 Å². The molecule has 1 rings (SSSR count). The minimum absolute atomic E-state index is 0.150. The molecule has 0 amide bonds. The maximum atomic E-state index is 12.1. The molecule has 0 aliphatic rings. The van der Waals surface area contributed by atoms with Crippen molar-refractivity contribution in [3.05, 3.63) is 27.5 Å². The summed E-state index contributed by atoms with van der Waals surface area (Å²) in [5.41, 5.74) is -0.249. The number of nitrogens with zero attached hydrogens (tertiary/aromatic N) is 1. The number of pyridine rings is 1. The Morgan fingerprint density at radius 3 is 2.64 bits per heavy atom. The molecule has 1 nitrogen and oxygen atoms in total. The minimum Gasteiger partial charge on any atom is -0.243 e. The Morgan fingerprint density at radius 1 is 1.55 bits per heavy atom. The molecular formula is C6H3BrClF2N. The molecule has 1 heterocycles. The third-order valence-corrected chi connectivity index (χ3v) is 1.82. The van der Waals surface area contributed by atoms with Gasteiger partial charge in [-0.1, -0.05) is 11.6 Å². The van der Waals surface area contributed by atoms with Crippen molar-refractivity contribution in [3.63, 3.8) is 0 Å². The lowest BCUT2D eigenvalue weighted by atomic mass is 10.3. The van der Waals surface area contributed by atoms with Crippen molar-refractivity contribution in [2.45, 2.75) is 6.43 Å². The lowest BCUT2D eigenvalue weighted by Gasteiger charge is -2.00. The van der Waals surface area contributed by atoms with E-state index in [2.05, 4.69) is 20.9 Å². The molecule has 5 heteroatoms. The molecule has 0 N–H and O–H groups in total. The van der Waals surface area contributed by atoms with Gasteiger partial charge in [-0.05, 0) is 22.0 Å². The highest BCUT2D eigenvalue weighted by Gasteiger charge is 2.12. The number of rotatable bonds is 1. The number of hydrogen-bond donors (Lipinski definition) is 0. The molecular weight excluding hydrogens is 239 g/mol. The van der Waals surface area contributed by atoms with Crippen LogP contribution < -0.4 is 0 Å². The molecule has 0 aliphatic carbocycles. The van der Waals surface area contributed by atoms with Crippen LogP contribution in [0.1, 0.15) is 12.0 Å². The first-order chi connectivity index (χ1) is 5.11. The van der Waals surface area contributed by atoms with Gasteiger partial charge in [0.05, 0.1) is 5.56 Å². The van der Waals surface area contributed by atoms with Crippen LogP contribution in [-0.2, 0) is 0 Å². The van der Waals surface area contributed by atoms with Crippen LogP contribution in [0.4, 0.5) is 8.78 Å². The summed E-state index contributed by atoms with van der Waals surface area (Å²) in [6, 6.07) is 1.25. The van der Waals surface area contributed by atoms with E-state index in [0.29, 0.717) is 4.47 Å². The number of aromatic nitrogens is 1. The van der Waals surface area contributed by atoms with Gasteiger partial charge in [0.25, 0.3) is 6.43 Å². The maximum absolute atomic E-state index is 12.1. The molecule has 0 saturated carbocycles. The number of alkyl halides is 2. The van der Waals surface area contributed by atoms with Crippen molar-refractivity contribution in [1.29, 1.82) is 0 Å². The van der Waals surface area contributed by atoms with E-state index in [1.807, 2.05) is 0 Å². The topological polar surface area (TPSA) is 12.9 Å². The molecule has 0 spiro atoms. The molecule has 1 aromatic heterocycles. The Balaban J connectivity index is 3.13. The van der Waals surface area contributed by atoms with Crippen molar-refractivity contribution in [3.8, 4) is 0 Å². The first kappa shape index (κ1) is 8.87. The molecule has 0 radical (unpaired) electrons. The molecule has 60 valence electrons. The summed E-state index contributed by atoms with van der Waals surface area (Å²) in [6.07, 6.45) is -1.21. The Hall–Kier alpha value is -0.220. The molecule has 0 unspecified atom stereocenters. The first-order valence-electron chi connectivity index (χ1n) is 2.70. The monoisotopic (exact) mass is 241 g/mol. The average Bonchev–Trinajstić information content (AvgIpc) is 1.94. The van der Waals surface area contributed by atoms with Crippen LogP contribution in [0.3, 0.4) is 0 Å². The summed E-state index contributed by atoms with van der Waals surface area (Å²) >= 11 is 8.39. The fourth-order valence-corrected chi connectivity index (χ4v) is 1.13. The van der Waals surface area contributed by atoms with E-state index in [1.54, 1.807) is 0 Å². The van der Waals surface area contributed by atoms with Crippen molar-refractivity contribution in [2.75, 3.05) is 0 Å². The molecule has 0 atom stereocenters. The Labute approximate surface area is 75.5 Å². The van der Waals surface area contributed by atoms with Crippen molar-refractivity contribution in [1.82, 2.24) is 4.98 Å². The van der Waals surface area contributed by atoms with Gasteiger partial charge in [0.1, 0.15) is 5.15 Å². The second kappa shape index (κ2) is 3.45. The van der Waals surface area contributed by atoms with Crippen LogP contribution in [0.25, 0.3) is 0 Å². The van der Waals surface area contributed by atoms with Crippen molar-refractivity contribution < 1.29 is 8.78 Å². The minimum atomic E-state index is -2.58. The molecule has 1 aromatic rings. The van der Waals surface area contributed by atoms with Crippen LogP contribution in [0.5, 0.6) is 0 Å². The molecule has 0 bridgehead atoms. The lowest BCUT2D eigenvalue weighted by Crippen LogP contribution is -1.88. The van der Waals surface area contributed by atoms with E-state index in [9.17, 15) is 8.78 Å². The SMILES string of the molecule is FC(F)c1cc(Br)cnc1Cl. The van der Waals surface area contributed by atoms with Gasteiger partial charge in [-0.15, -0.1) is 0 Å².